The number of halogens is 1. The Balaban J connectivity index is 1.98. The molecular formula is C13H17BrN2. The van der Waals surface area contributed by atoms with Crippen LogP contribution < -0.4 is 5.32 Å². The number of likely N-dealkylation sites (tertiary alicyclic amines) is 1. The largest absolute Gasteiger partial charge is 0.385 e. The Morgan fingerprint density at radius 1 is 1.25 bits per heavy atom. The van der Waals surface area contributed by atoms with Gasteiger partial charge < -0.3 is 5.32 Å². The van der Waals surface area contributed by atoms with Crippen LogP contribution in [0.5, 0.6) is 0 Å². The molecule has 1 aromatic rings. The third kappa shape index (κ3) is 1.76. The van der Waals surface area contributed by atoms with E-state index in [1.54, 1.807) is 0 Å². The third-order valence-corrected chi connectivity index (χ3v) is 4.39. The maximum atomic E-state index is 3.70. The number of rotatable bonds is 1. The average Bonchev–Trinajstić information content (AvgIpc) is 2.82. The minimum Gasteiger partial charge on any atom is -0.385 e. The third-order valence-electron chi connectivity index (χ3n) is 3.70. The van der Waals surface area contributed by atoms with Crippen molar-refractivity contribution in [1.29, 1.82) is 0 Å². The molecule has 0 aliphatic carbocycles. The molecule has 2 nitrogen and oxygen atoms in total. The van der Waals surface area contributed by atoms with E-state index in [9.17, 15) is 0 Å². The second kappa shape index (κ2) is 4.38. The van der Waals surface area contributed by atoms with Crippen LogP contribution in [-0.2, 0) is 0 Å². The second-order valence-corrected chi connectivity index (χ2v) is 5.53. The highest BCUT2D eigenvalue weighted by molar-refractivity contribution is 9.10. The fraction of sp³-hybridized carbons (Fsp3) is 0.538. The smallest absolute Gasteiger partial charge is 0.0400 e. The fourth-order valence-electron chi connectivity index (χ4n) is 2.94. The predicted molar refractivity (Wildman–Crippen MR) is 70.8 cm³/mol. The molecular weight excluding hydrogens is 264 g/mol. The molecule has 0 saturated carbocycles. The molecule has 1 saturated heterocycles. The quantitative estimate of drug-likeness (QED) is 0.848. The summed E-state index contributed by atoms with van der Waals surface area (Å²) in [5.74, 6) is 0. The van der Waals surface area contributed by atoms with Gasteiger partial charge in [-0.15, -0.1) is 0 Å². The van der Waals surface area contributed by atoms with Crippen LogP contribution in [0.2, 0.25) is 0 Å². The minimum atomic E-state index is 0.620. The molecule has 1 aromatic carbocycles. The molecule has 1 atom stereocenters. The zero-order chi connectivity index (χ0) is 11.0. The van der Waals surface area contributed by atoms with E-state index in [4.69, 9.17) is 0 Å². The van der Waals surface area contributed by atoms with Crippen molar-refractivity contribution in [2.45, 2.75) is 25.3 Å². The molecule has 0 aromatic heterocycles. The SMILES string of the molecule is Brc1cccc2c1C(N1CCCC1)CCN2. The molecule has 0 radical (unpaired) electrons. The first-order chi connectivity index (χ1) is 7.86. The standard InChI is InChI=1S/C13H17BrN2/c14-10-4-3-5-11-13(10)12(6-7-15-11)16-8-1-2-9-16/h3-5,12,15H,1-2,6-9H2. The monoisotopic (exact) mass is 280 g/mol. The maximum Gasteiger partial charge on any atom is 0.0400 e. The number of hydrogen-bond acceptors (Lipinski definition) is 2. The van der Waals surface area contributed by atoms with Crippen molar-refractivity contribution in [2.24, 2.45) is 0 Å². The molecule has 0 bridgehead atoms. The van der Waals surface area contributed by atoms with Gasteiger partial charge in [-0.25, -0.2) is 0 Å². The first kappa shape index (κ1) is 10.6. The summed E-state index contributed by atoms with van der Waals surface area (Å²) >= 11 is 3.70. The van der Waals surface area contributed by atoms with Crippen molar-refractivity contribution < 1.29 is 0 Å². The Labute approximate surface area is 105 Å². The number of benzene rings is 1. The molecule has 0 spiro atoms. The Kier molecular flexibility index (Phi) is 2.90. The van der Waals surface area contributed by atoms with Crippen LogP contribution in [0.15, 0.2) is 22.7 Å². The van der Waals surface area contributed by atoms with Crippen LogP contribution in [0.25, 0.3) is 0 Å². The van der Waals surface area contributed by atoms with Gasteiger partial charge in [0.05, 0.1) is 0 Å². The average molecular weight is 281 g/mol. The van der Waals surface area contributed by atoms with Crippen molar-refractivity contribution in [1.82, 2.24) is 4.90 Å². The first-order valence-corrected chi connectivity index (χ1v) is 6.92. The van der Waals surface area contributed by atoms with Gasteiger partial charge in [0.2, 0.25) is 0 Å². The van der Waals surface area contributed by atoms with Crippen LogP contribution in [-0.4, -0.2) is 24.5 Å². The van der Waals surface area contributed by atoms with Gasteiger partial charge in [-0.1, -0.05) is 22.0 Å². The summed E-state index contributed by atoms with van der Waals surface area (Å²) < 4.78 is 1.26. The number of nitrogens with zero attached hydrogens (tertiary/aromatic N) is 1. The van der Waals surface area contributed by atoms with E-state index in [-0.39, 0.29) is 0 Å². The summed E-state index contributed by atoms with van der Waals surface area (Å²) in [5.41, 5.74) is 2.79. The van der Waals surface area contributed by atoms with Crippen LogP contribution in [0.4, 0.5) is 5.69 Å². The van der Waals surface area contributed by atoms with E-state index in [0.717, 1.165) is 6.54 Å². The molecule has 1 N–H and O–H groups in total. The predicted octanol–water partition coefficient (Wildman–Crippen LogP) is 3.40. The molecule has 3 rings (SSSR count). The molecule has 1 unspecified atom stereocenters. The van der Waals surface area contributed by atoms with Crippen molar-refractivity contribution in [2.75, 3.05) is 25.0 Å². The van der Waals surface area contributed by atoms with Crippen molar-refractivity contribution in [3.63, 3.8) is 0 Å². The highest BCUT2D eigenvalue weighted by Crippen LogP contribution is 2.40. The van der Waals surface area contributed by atoms with E-state index in [1.807, 2.05) is 0 Å². The summed E-state index contributed by atoms with van der Waals surface area (Å²) in [7, 11) is 0. The topological polar surface area (TPSA) is 15.3 Å². The minimum absolute atomic E-state index is 0.620. The van der Waals surface area contributed by atoms with Crippen molar-refractivity contribution in [3.8, 4) is 0 Å². The molecule has 1 fully saturated rings. The van der Waals surface area contributed by atoms with Crippen molar-refractivity contribution >= 4 is 21.6 Å². The van der Waals surface area contributed by atoms with Crippen LogP contribution in [0, 0.1) is 0 Å². The highest BCUT2D eigenvalue weighted by atomic mass is 79.9. The number of anilines is 1. The van der Waals surface area contributed by atoms with Gasteiger partial charge in [0.1, 0.15) is 0 Å². The fourth-order valence-corrected chi connectivity index (χ4v) is 3.57. The lowest BCUT2D eigenvalue weighted by atomic mass is 9.97. The maximum absolute atomic E-state index is 3.70. The summed E-state index contributed by atoms with van der Waals surface area (Å²) in [6, 6.07) is 7.09. The van der Waals surface area contributed by atoms with E-state index in [1.165, 1.54) is 48.1 Å². The second-order valence-electron chi connectivity index (χ2n) is 4.68. The van der Waals surface area contributed by atoms with E-state index < -0.39 is 0 Å². The van der Waals surface area contributed by atoms with E-state index in [2.05, 4.69) is 44.3 Å². The Hall–Kier alpha value is -0.540. The van der Waals surface area contributed by atoms with Crippen LogP contribution in [0.3, 0.4) is 0 Å². The number of nitrogens with one attached hydrogen (secondary N) is 1. The summed E-state index contributed by atoms with van der Waals surface area (Å²) in [6.07, 6.45) is 3.96. The summed E-state index contributed by atoms with van der Waals surface area (Å²) in [5, 5.41) is 3.50. The lowest BCUT2D eigenvalue weighted by Gasteiger charge is -2.34. The molecule has 16 heavy (non-hydrogen) atoms. The summed E-state index contributed by atoms with van der Waals surface area (Å²) in [4.78, 5) is 2.64. The zero-order valence-electron chi connectivity index (χ0n) is 9.38. The van der Waals surface area contributed by atoms with Gasteiger partial charge in [-0.05, 0) is 44.5 Å². The van der Waals surface area contributed by atoms with Gasteiger partial charge in [0.25, 0.3) is 0 Å². The summed E-state index contributed by atoms with van der Waals surface area (Å²) in [6.45, 7) is 3.64. The van der Waals surface area contributed by atoms with Gasteiger partial charge >= 0.3 is 0 Å². The molecule has 0 amide bonds. The molecule has 3 heteroatoms. The van der Waals surface area contributed by atoms with Crippen LogP contribution in [0.1, 0.15) is 30.9 Å². The first-order valence-electron chi connectivity index (χ1n) is 6.12. The Bertz CT molecular complexity index is 386. The van der Waals surface area contributed by atoms with Gasteiger partial charge in [-0.3, -0.25) is 4.90 Å². The van der Waals surface area contributed by atoms with Gasteiger partial charge in [0, 0.05) is 28.3 Å². The van der Waals surface area contributed by atoms with E-state index in [0.29, 0.717) is 6.04 Å². The number of hydrogen-bond donors (Lipinski definition) is 1. The zero-order valence-corrected chi connectivity index (χ0v) is 11.0. The highest BCUT2D eigenvalue weighted by Gasteiger charge is 2.29. The normalized spacial score (nSPS) is 25.2. The van der Waals surface area contributed by atoms with Gasteiger partial charge in [0.15, 0.2) is 0 Å². The molecule has 86 valence electrons. The lowest BCUT2D eigenvalue weighted by Crippen LogP contribution is -2.31. The lowest BCUT2D eigenvalue weighted by molar-refractivity contribution is 0.233. The van der Waals surface area contributed by atoms with Crippen LogP contribution >= 0.6 is 15.9 Å². The Morgan fingerprint density at radius 2 is 2.06 bits per heavy atom. The Morgan fingerprint density at radius 3 is 2.88 bits per heavy atom. The molecule has 2 heterocycles. The van der Waals surface area contributed by atoms with Crippen molar-refractivity contribution in [3.05, 3.63) is 28.2 Å². The molecule has 2 aliphatic heterocycles. The number of fused-ring (bicyclic) bond motifs is 1. The van der Waals surface area contributed by atoms with E-state index >= 15 is 0 Å². The van der Waals surface area contributed by atoms with Gasteiger partial charge in [-0.2, -0.15) is 0 Å². The molecule has 2 aliphatic rings.